The van der Waals surface area contributed by atoms with Crippen LogP contribution in [0.4, 0.5) is 10.8 Å². The highest BCUT2D eigenvalue weighted by Crippen LogP contribution is 2.41. The predicted octanol–water partition coefficient (Wildman–Crippen LogP) is 5.28. The largest absolute Gasteiger partial charge is 0.496 e. The van der Waals surface area contributed by atoms with E-state index in [4.69, 9.17) is 9.72 Å². The molecule has 3 aromatic rings. The lowest BCUT2D eigenvalue weighted by Crippen LogP contribution is -2.03. The van der Waals surface area contributed by atoms with Crippen LogP contribution in [-0.2, 0) is 12.8 Å². The summed E-state index contributed by atoms with van der Waals surface area (Å²) in [7, 11) is 1.73. The van der Waals surface area contributed by atoms with E-state index in [1.54, 1.807) is 18.4 Å². The van der Waals surface area contributed by atoms with Gasteiger partial charge in [-0.2, -0.15) is 0 Å². The van der Waals surface area contributed by atoms with Crippen molar-refractivity contribution in [2.24, 2.45) is 0 Å². The molecule has 0 unspecified atom stereocenters. The van der Waals surface area contributed by atoms with E-state index in [9.17, 15) is 0 Å². The Kier molecular flexibility index (Phi) is 3.77. The van der Waals surface area contributed by atoms with Crippen LogP contribution in [0.15, 0.2) is 36.4 Å². The van der Waals surface area contributed by atoms with Crippen LogP contribution in [0, 0.1) is 13.8 Å². The number of nitrogens with one attached hydrogen (secondary N) is 1. The van der Waals surface area contributed by atoms with Crippen molar-refractivity contribution in [1.82, 2.24) is 4.98 Å². The molecular weight excluding hydrogens is 316 g/mol. The Morgan fingerprint density at radius 2 is 2.00 bits per heavy atom. The molecule has 3 nitrogen and oxygen atoms in total. The van der Waals surface area contributed by atoms with Crippen molar-refractivity contribution in [1.29, 1.82) is 0 Å². The van der Waals surface area contributed by atoms with Gasteiger partial charge in [0.2, 0.25) is 0 Å². The minimum absolute atomic E-state index is 0.963. The first-order chi connectivity index (χ1) is 11.6. The number of nitrogens with zero attached hydrogens (tertiary/aromatic N) is 1. The van der Waals surface area contributed by atoms with Crippen LogP contribution in [-0.4, -0.2) is 12.1 Å². The third-order valence-electron chi connectivity index (χ3n) is 4.46. The lowest BCUT2D eigenvalue weighted by molar-refractivity contribution is 0.411. The van der Waals surface area contributed by atoms with Crippen molar-refractivity contribution >= 4 is 22.2 Å². The number of anilines is 2. The Morgan fingerprint density at radius 1 is 1.12 bits per heavy atom. The van der Waals surface area contributed by atoms with Crippen LogP contribution in [0.3, 0.4) is 0 Å². The molecule has 0 aliphatic heterocycles. The highest BCUT2D eigenvalue weighted by molar-refractivity contribution is 7.16. The van der Waals surface area contributed by atoms with Gasteiger partial charge in [-0.3, -0.25) is 0 Å². The Morgan fingerprint density at radius 3 is 2.79 bits per heavy atom. The number of thiazole rings is 1. The van der Waals surface area contributed by atoms with E-state index < -0.39 is 0 Å². The first kappa shape index (κ1) is 15.2. The maximum atomic E-state index is 5.46. The summed E-state index contributed by atoms with van der Waals surface area (Å²) in [5.41, 5.74) is 7.20. The minimum Gasteiger partial charge on any atom is -0.496 e. The lowest BCUT2D eigenvalue weighted by atomic mass is 9.91. The summed E-state index contributed by atoms with van der Waals surface area (Å²) in [6, 6.07) is 12.8. The summed E-state index contributed by atoms with van der Waals surface area (Å²) >= 11 is 1.76. The van der Waals surface area contributed by atoms with Gasteiger partial charge in [0.1, 0.15) is 5.75 Å². The lowest BCUT2D eigenvalue weighted by Gasteiger charge is -2.17. The first-order valence-corrected chi connectivity index (χ1v) is 8.97. The number of fused-ring (bicyclic) bond motifs is 3. The van der Waals surface area contributed by atoms with E-state index in [-0.39, 0.29) is 0 Å². The highest BCUT2D eigenvalue weighted by atomic mass is 32.1. The standard InChI is InChI=1S/C20H20N2OS/c1-12-5-4-6-15(9-12)21-20-22-19-16-10-13(2)17(23-3)11-14(16)7-8-18(19)24-20/h4-6,9-11H,7-8H2,1-3H3,(H,21,22). The van der Waals surface area contributed by atoms with Crippen LogP contribution < -0.4 is 10.1 Å². The van der Waals surface area contributed by atoms with E-state index in [0.717, 1.165) is 40.7 Å². The molecule has 1 aliphatic rings. The zero-order chi connectivity index (χ0) is 16.7. The topological polar surface area (TPSA) is 34.1 Å². The van der Waals surface area contributed by atoms with Crippen molar-refractivity contribution < 1.29 is 4.74 Å². The number of aryl methyl sites for hydroxylation is 4. The van der Waals surface area contributed by atoms with E-state index >= 15 is 0 Å². The summed E-state index contributed by atoms with van der Waals surface area (Å²) in [5.74, 6) is 0.963. The summed E-state index contributed by atoms with van der Waals surface area (Å²) in [5, 5.41) is 4.42. The molecule has 1 aromatic heterocycles. The third-order valence-corrected chi connectivity index (χ3v) is 5.49. The highest BCUT2D eigenvalue weighted by Gasteiger charge is 2.22. The van der Waals surface area contributed by atoms with Gasteiger partial charge in [0.15, 0.2) is 5.13 Å². The number of rotatable bonds is 3. The fourth-order valence-corrected chi connectivity index (χ4v) is 4.25. The number of ether oxygens (including phenoxy) is 1. The maximum absolute atomic E-state index is 5.46. The van der Waals surface area contributed by atoms with Crippen LogP contribution >= 0.6 is 11.3 Å². The molecule has 122 valence electrons. The van der Waals surface area contributed by atoms with Gasteiger partial charge in [-0.25, -0.2) is 4.98 Å². The van der Waals surface area contributed by atoms with Crippen molar-refractivity contribution in [2.75, 3.05) is 12.4 Å². The van der Waals surface area contributed by atoms with E-state index in [0.29, 0.717) is 0 Å². The monoisotopic (exact) mass is 336 g/mol. The summed E-state index contributed by atoms with van der Waals surface area (Å²) in [6.07, 6.45) is 2.09. The van der Waals surface area contributed by atoms with Crippen LogP contribution in [0.1, 0.15) is 21.6 Å². The molecule has 24 heavy (non-hydrogen) atoms. The van der Waals surface area contributed by atoms with Crippen LogP contribution in [0.25, 0.3) is 11.3 Å². The van der Waals surface area contributed by atoms with Gasteiger partial charge in [-0.05, 0) is 67.6 Å². The fourth-order valence-electron chi connectivity index (χ4n) is 3.26. The second-order valence-electron chi connectivity index (χ2n) is 6.26. The molecule has 0 saturated carbocycles. The van der Waals surface area contributed by atoms with Crippen molar-refractivity contribution in [3.63, 3.8) is 0 Å². The minimum atomic E-state index is 0.963. The average Bonchev–Trinajstić information content (AvgIpc) is 2.97. The second kappa shape index (κ2) is 5.95. The van der Waals surface area contributed by atoms with Crippen molar-refractivity contribution in [3.05, 3.63) is 58.0 Å². The summed E-state index contributed by atoms with van der Waals surface area (Å²) in [6.45, 7) is 4.19. The zero-order valence-corrected chi connectivity index (χ0v) is 15.0. The quantitative estimate of drug-likeness (QED) is 0.707. The molecular formula is C20H20N2OS. The normalized spacial score (nSPS) is 12.5. The molecule has 0 saturated heterocycles. The molecule has 4 rings (SSSR count). The Labute approximate surface area is 146 Å². The van der Waals surface area contributed by atoms with Gasteiger partial charge in [-0.1, -0.05) is 12.1 Å². The Balaban J connectivity index is 1.71. The van der Waals surface area contributed by atoms with Gasteiger partial charge < -0.3 is 10.1 Å². The molecule has 0 spiro atoms. The number of aromatic nitrogens is 1. The van der Waals surface area contributed by atoms with E-state index in [1.165, 1.54) is 21.6 Å². The average molecular weight is 336 g/mol. The molecule has 1 aliphatic carbocycles. The molecule has 0 atom stereocenters. The fraction of sp³-hybridized carbons (Fsp3) is 0.250. The van der Waals surface area contributed by atoms with Gasteiger partial charge in [0.25, 0.3) is 0 Å². The van der Waals surface area contributed by atoms with Gasteiger partial charge in [0.05, 0.1) is 12.8 Å². The molecule has 0 amide bonds. The summed E-state index contributed by atoms with van der Waals surface area (Å²) < 4.78 is 5.46. The Hall–Kier alpha value is -2.33. The Bertz CT molecular complexity index is 914. The molecule has 1 N–H and O–H groups in total. The number of benzene rings is 2. The van der Waals surface area contributed by atoms with E-state index in [2.05, 4.69) is 55.6 Å². The van der Waals surface area contributed by atoms with Crippen molar-refractivity contribution in [2.45, 2.75) is 26.7 Å². The summed E-state index contributed by atoms with van der Waals surface area (Å²) in [4.78, 5) is 6.24. The molecule has 0 fully saturated rings. The number of hydrogen-bond acceptors (Lipinski definition) is 4. The van der Waals surface area contributed by atoms with Crippen LogP contribution in [0.2, 0.25) is 0 Å². The third kappa shape index (κ3) is 2.67. The smallest absolute Gasteiger partial charge is 0.187 e. The van der Waals surface area contributed by atoms with E-state index in [1.807, 2.05) is 0 Å². The number of methoxy groups -OCH3 is 1. The first-order valence-electron chi connectivity index (χ1n) is 8.15. The molecule has 0 radical (unpaired) electrons. The molecule has 0 bridgehead atoms. The zero-order valence-electron chi connectivity index (χ0n) is 14.1. The predicted molar refractivity (Wildman–Crippen MR) is 101 cm³/mol. The molecule has 2 aromatic carbocycles. The number of hydrogen-bond donors (Lipinski definition) is 1. The molecule has 4 heteroatoms. The van der Waals surface area contributed by atoms with Gasteiger partial charge >= 0.3 is 0 Å². The molecule has 1 heterocycles. The maximum Gasteiger partial charge on any atom is 0.187 e. The second-order valence-corrected chi connectivity index (χ2v) is 7.35. The van der Waals surface area contributed by atoms with Gasteiger partial charge in [0, 0.05) is 16.1 Å². The van der Waals surface area contributed by atoms with Crippen LogP contribution in [0.5, 0.6) is 5.75 Å². The SMILES string of the molecule is COc1cc2c(cc1C)-c1nc(Nc3cccc(C)c3)sc1CC2. The van der Waals surface area contributed by atoms with Gasteiger partial charge in [-0.15, -0.1) is 11.3 Å². The van der Waals surface area contributed by atoms with Crippen molar-refractivity contribution in [3.8, 4) is 17.0 Å².